The van der Waals surface area contributed by atoms with Gasteiger partial charge in [0, 0.05) is 25.0 Å². The van der Waals surface area contributed by atoms with Crippen LogP contribution in [0.3, 0.4) is 0 Å². The first kappa shape index (κ1) is 18.0. The SMILES string of the molecule is O=S(=O)(c1ccc(N2CCCC2)cc1)c1ncc(C(F)(F)F)cc1Cl. The number of anilines is 1. The number of rotatable bonds is 3. The molecule has 1 fully saturated rings. The summed E-state index contributed by atoms with van der Waals surface area (Å²) in [7, 11) is -4.10. The lowest BCUT2D eigenvalue weighted by Gasteiger charge is -2.17. The van der Waals surface area contributed by atoms with Gasteiger partial charge in [-0.1, -0.05) is 11.6 Å². The Morgan fingerprint density at radius 2 is 1.68 bits per heavy atom. The van der Waals surface area contributed by atoms with Gasteiger partial charge in [-0.15, -0.1) is 0 Å². The first-order valence-electron chi connectivity index (χ1n) is 7.52. The van der Waals surface area contributed by atoms with Crippen LogP contribution in [0.1, 0.15) is 18.4 Å². The zero-order valence-corrected chi connectivity index (χ0v) is 14.5. The molecule has 1 aliphatic heterocycles. The van der Waals surface area contributed by atoms with Crippen molar-refractivity contribution in [1.82, 2.24) is 4.98 Å². The number of pyridine rings is 1. The molecule has 0 N–H and O–H groups in total. The van der Waals surface area contributed by atoms with E-state index in [0.717, 1.165) is 31.6 Å². The molecular formula is C16H14ClF3N2O2S. The fraction of sp³-hybridized carbons (Fsp3) is 0.312. The molecule has 0 amide bonds. The molecule has 0 atom stereocenters. The summed E-state index contributed by atoms with van der Waals surface area (Å²) in [5.74, 6) is 0. The van der Waals surface area contributed by atoms with Gasteiger partial charge in [0.2, 0.25) is 9.84 Å². The number of hydrogen-bond acceptors (Lipinski definition) is 4. The number of aromatic nitrogens is 1. The van der Waals surface area contributed by atoms with Crippen molar-refractivity contribution in [3.8, 4) is 0 Å². The van der Waals surface area contributed by atoms with E-state index in [1.165, 1.54) is 12.1 Å². The lowest BCUT2D eigenvalue weighted by atomic mass is 10.3. The summed E-state index contributed by atoms with van der Waals surface area (Å²) in [6, 6.07) is 6.75. The van der Waals surface area contributed by atoms with Crippen LogP contribution in [-0.4, -0.2) is 26.5 Å². The fourth-order valence-electron chi connectivity index (χ4n) is 2.70. The van der Waals surface area contributed by atoms with Gasteiger partial charge in [-0.3, -0.25) is 0 Å². The summed E-state index contributed by atoms with van der Waals surface area (Å²) in [6.07, 6.45) is -2.00. The standard InChI is InChI=1S/C16H14ClF3N2O2S/c17-14-9-11(16(18,19)20)10-21-15(14)25(23,24)13-5-3-12(4-6-13)22-7-1-2-8-22/h3-6,9-10H,1-2,7-8H2. The Morgan fingerprint density at radius 1 is 1.08 bits per heavy atom. The molecule has 0 spiro atoms. The van der Waals surface area contributed by atoms with E-state index in [0.29, 0.717) is 12.3 Å². The first-order valence-corrected chi connectivity index (χ1v) is 9.38. The summed E-state index contributed by atoms with van der Waals surface area (Å²) in [5.41, 5.74) is -0.191. The number of hydrogen-bond donors (Lipinski definition) is 0. The Labute approximate surface area is 148 Å². The van der Waals surface area contributed by atoms with E-state index in [2.05, 4.69) is 9.88 Å². The normalized spacial score (nSPS) is 15.6. The minimum absolute atomic E-state index is 0.0652. The highest BCUT2D eigenvalue weighted by molar-refractivity contribution is 7.91. The topological polar surface area (TPSA) is 50.3 Å². The summed E-state index contributed by atoms with van der Waals surface area (Å²) in [5, 5.41) is -1.14. The average Bonchev–Trinajstić information content (AvgIpc) is 3.08. The monoisotopic (exact) mass is 390 g/mol. The van der Waals surface area contributed by atoms with E-state index >= 15 is 0 Å². The number of halogens is 4. The summed E-state index contributed by atoms with van der Waals surface area (Å²) in [4.78, 5) is 5.52. The second kappa shape index (κ2) is 6.49. The third kappa shape index (κ3) is 3.59. The highest BCUT2D eigenvalue weighted by Gasteiger charge is 2.33. The van der Waals surface area contributed by atoms with E-state index < -0.39 is 31.6 Å². The smallest absolute Gasteiger partial charge is 0.372 e. The predicted molar refractivity (Wildman–Crippen MR) is 87.6 cm³/mol. The second-order valence-electron chi connectivity index (χ2n) is 5.70. The molecule has 0 saturated carbocycles. The molecule has 1 aromatic carbocycles. The molecule has 0 bridgehead atoms. The number of sulfone groups is 1. The van der Waals surface area contributed by atoms with Gasteiger partial charge in [0.25, 0.3) is 0 Å². The fourth-order valence-corrected chi connectivity index (χ4v) is 4.40. The highest BCUT2D eigenvalue weighted by Crippen LogP contribution is 2.34. The molecule has 4 nitrogen and oxygen atoms in total. The Bertz CT molecular complexity index is 877. The van der Waals surface area contributed by atoms with Crippen LogP contribution in [0.15, 0.2) is 46.5 Å². The molecule has 1 aliphatic rings. The zero-order chi connectivity index (χ0) is 18.2. The molecule has 0 unspecified atom stereocenters. The minimum atomic E-state index is -4.64. The van der Waals surface area contributed by atoms with E-state index in [9.17, 15) is 21.6 Å². The van der Waals surface area contributed by atoms with E-state index in [1.807, 2.05) is 0 Å². The zero-order valence-electron chi connectivity index (χ0n) is 12.9. The van der Waals surface area contributed by atoms with E-state index in [-0.39, 0.29) is 4.90 Å². The number of alkyl halides is 3. The van der Waals surface area contributed by atoms with Crippen LogP contribution < -0.4 is 4.90 Å². The van der Waals surface area contributed by atoms with Crippen LogP contribution in [-0.2, 0) is 16.0 Å². The van der Waals surface area contributed by atoms with Crippen LogP contribution in [0.2, 0.25) is 5.02 Å². The average molecular weight is 391 g/mol. The molecule has 1 aromatic heterocycles. The lowest BCUT2D eigenvalue weighted by molar-refractivity contribution is -0.137. The van der Waals surface area contributed by atoms with Gasteiger partial charge in [-0.25, -0.2) is 13.4 Å². The maximum absolute atomic E-state index is 12.7. The van der Waals surface area contributed by atoms with Gasteiger partial charge < -0.3 is 4.90 Å². The quantitative estimate of drug-likeness (QED) is 0.788. The van der Waals surface area contributed by atoms with Gasteiger partial charge in [0.05, 0.1) is 15.5 Å². The summed E-state index contributed by atoms with van der Waals surface area (Å²) >= 11 is 5.75. The largest absolute Gasteiger partial charge is 0.417 e. The molecule has 2 heterocycles. The van der Waals surface area contributed by atoms with Crippen molar-refractivity contribution < 1.29 is 21.6 Å². The van der Waals surface area contributed by atoms with Crippen molar-refractivity contribution in [1.29, 1.82) is 0 Å². The van der Waals surface area contributed by atoms with Crippen LogP contribution in [0, 0.1) is 0 Å². The van der Waals surface area contributed by atoms with Crippen molar-refractivity contribution >= 4 is 27.1 Å². The molecule has 25 heavy (non-hydrogen) atoms. The van der Waals surface area contributed by atoms with Crippen molar-refractivity contribution in [2.45, 2.75) is 28.9 Å². The van der Waals surface area contributed by atoms with Gasteiger partial charge in [0.15, 0.2) is 5.03 Å². The van der Waals surface area contributed by atoms with E-state index in [1.54, 1.807) is 12.1 Å². The van der Waals surface area contributed by atoms with Gasteiger partial charge in [0.1, 0.15) is 0 Å². The van der Waals surface area contributed by atoms with Crippen LogP contribution in [0.25, 0.3) is 0 Å². The highest BCUT2D eigenvalue weighted by atomic mass is 35.5. The van der Waals surface area contributed by atoms with Crippen molar-refractivity contribution in [2.24, 2.45) is 0 Å². The van der Waals surface area contributed by atoms with Gasteiger partial charge >= 0.3 is 6.18 Å². The molecule has 0 radical (unpaired) electrons. The molecule has 134 valence electrons. The molecule has 0 aliphatic carbocycles. The van der Waals surface area contributed by atoms with Crippen LogP contribution in [0.5, 0.6) is 0 Å². The Kier molecular flexibility index (Phi) is 4.68. The third-order valence-electron chi connectivity index (χ3n) is 4.01. The van der Waals surface area contributed by atoms with Crippen molar-refractivity contribution in [3.05, 3.63) is 47.1 Å². The van der Waals surface area contributed by atoms with Crippen LogP contribution in [0.4, 0.5) is 18.9 Å². The van der Waals surface area contributed by atoms with Crippen LogP contribution >= 0.6 is 11.6 Å². The maximum Gasteiger partial charge on any atom is 0.417 e. The first-order chi connectivity index (χ1) is 11.7. The maximum atomic E-state index is 12.7. The van der Waals surface area contributed by atoms with E-state index in [4.69, 9.17) is 11.6 Å². The minimum Gasteiger partial charge on any atom is -0.372 e. The summed E-state index contributed by atoms with van der Waals surface area (Å²) in [6.45, 7) is 1.83. The van der Waals surface area contributed by atoms with Gasteiger partial charge in [-0.05, 0) is 43.2 Å². The molecule has 1 saturated heterocycles. The second-order valence-corrected chi connectivity index (χ2v) is 7.97. The molecule has 3 rings (SSSR count). The molecular weight excluding hydrogens is 377 g/mol. The lowest BCUT2D eigenvalue weighted by Crippen LogP contribution is -2.17. The number of nitrogens with zero attached hydrogens (tertiary/aromatic N) is 2. The number of benzene rings is 1. The molecule has 2 aromatic rings. The Hall–Kier alpha value is -1.80. The summed E-state index contributed by atoms with van der Waals surface area (Å²) < 4.78 is 63.2. The molecule has 9 heteroatoms. The van der Waals surface area contributed by atoms with Crippen molar-refractivity contribution in [3.63, 3.8) is 0 Å². The van der Waals surface area contributed by atoms with Gasteiger partial charge in [-0.2, -0.15) is 13.2 Å². The Balaban J connectivity index is 1.93. The van der Waals surface area contributed by atoms with Crippen molar-refractivity contribution in [2.75, 3.05) is 18.0 Å². The predicted octanol–water partition coefficient (Wildman–Crippen LogP) is 4.19. The third-order valence-corrected chi connectivity index (χ3v) is 6.13. The Morgan fingerprint density at radius 3 is 2.20 bits per heavy atom.